The highest BCUT2D eigenvalue weighted by atomic mass is 35.5. The predicted octanol–water partition coefficient (Wildman–Crippen LogP) is 2.69. The number of carbonyl (C=O) groups is 2. The second-order valence-electron chi connectivity index (χ2n) is 4.28. The molecule has 1 heterocycles. The third-order valence-electron chi connectivity index (χ3n) is 2.75. The molecule has 0 spiro atoms. The van der Waals surface area contributed by atoms with Crippen molar-refractivity contribution in [3.8, 4) is 0 Å². The van der Waals surface area contributed by atoms with Gasteiger partial charge >= 0.3 is 5.97 Å². The van der Waals surface area contributed by atoms with Crippen molar-refractivity contribution < 1.29 is 14.3 Å². The van der Waals surface area contributed by atoms with E-state index in [1.165, 1.54) is 30.5 Å². The van der Waals surface area contributed by atoms with E-state index in [4.69, 9.17) is 16.3 Å². The molecule has 0 aliphatic carbocycles. The third kappa shape index (κ3) is 5.07. The fourth-order valence-corrected chi connectivity index (χ4v) is 1.88. The van der Waals surface area contributed by atoms with Gasteiger partial charge in [-0.1, -0.05) is 25.4 Å². The van der Waals surface area contributed by atoms with E-state index in [1.54, 1.807) is 13.0 Å². The summed E-state index contributed by atoms with van der Waals surface area (Å²) < 4.78 is 6.06. The monoisotopic (exact) mass is 338 g/mol. The number of halogens is 1. The van der Waals surface area contributed by atoms with Crippen molar-refractivity contribution in [3.05, 3.63) is 40.9 Å². The summed E-state index contributed by atoms with van der Waals surface area (Å²) in [7, 11) is 1.27. The number of nitrogens with zero attached hydrogens (tertiary/aromatic N) is 3. The average Bonchev–Trinajstić information content (AvgIpc) is 3.04. The summed E-state index contributed by atoms with van der Waals surface area (Å²) in [6.07, 6.45) is 2.75. The molecule has 0 bridgehead atoms. The number of carbonyl (C=O) groups excluding carboxylic acids is 2. The first-order chi connectivity index (χ1) is 11.0. The summed E-state index contributed by atoms with van der Waals surface area (Å²) in [5.41, 5.74) is 1.25. The Bertz CT molecular complexity index is 672. The van der Waals surface area contributed by atoms with Gasteiger partial charge < -0.3 is 10.1 Å². The van der Waals surface area contributed by atoms with E-state index in [1.807, 2.05) is 13.8 Å². The first-order valence-electron chi connectivity index (χ1n) is 7.02. The Morgan fingerprint density at radius 2 is 2.04 bits per heavy atom. The van der Waals surface area contributed by atoms with Crippen molar-refractivity contribution in [2.24, 2.45) is 0 Å². The smallest absolute Gasteiger partial charge is 0.339 e. The molecule has 0 aliphatic heterocycles. The van der Waals surface area contributed by atoms with Crippen LogP contribution >= 0.6 is 11.6 Å². The van der Waals surface area contributed by atoms with Gasteiger partial charge in [0.05, 0.1) is 18.4 Å². The number of rotatable bonds is 4. The highest BCUT2D eigenvalue weighted by molar-refractivity contribution is 6.32. The SMILES string of the molecule is CC.COC(=O)c1cc(C)c(Cl)cc1NC(=O)Cn1cncn1. The van der Waals surface area contributed by atoms with Crippen LogP contribution in [0.1, 0.15) is 29.8 Å². The zero-order valence-corrected chi connectivity index (χ0v) is 14.2. The molecule has 1 aromatic carbocycles. The third-order valence-corrected chi connectivity index (χ3v) is 3.16. The first kappa shape index (κ1) is 18.6. The van der Waals surface area contributed by atoms with Crippen molar-refractivity contribution in [2.75, 3.05) is 12.4 Å². The molecule has 0 atom stereocenters. The topological polar surface area (TPSA) is 86.1 Å². The average molecular weight is 339 g/mol. The van der Waals surface area contributed by atoms with Crippen LogP contribution in [0.25, 0.3) is 0 Å². The molecule has 1 amide bonds. The fourth-order valence-electron chi connectivity index (χ4n) is 1.72. The Morgan fingerprint density at radius 1 is 1.35 bits per heavy atom. The van der Waals surface area contributed by atoms with E-state index in [-0.39, 0.29) is 18.0 Å². The summed E-state index contributed by atoms with van der Waals surface area (Å²) in [4.78, 5) is 27.4. The Kier molecular flexibility index (Phi) is 7.21. The number of aryl methyl sites for hydroxylation is 1. The molecule has 8 heteroatoms. The van der Waals surface area contributed by atoms with Gasteiger partial charge in [-0.3, -0.25) is 4.79 Å². The molecular weight excluding hydrogens is 320 g/mol. The molecule has 0 aliphatic rings. The van der Waals surface area contributed by atoms with Crippen LogP contribution < -0.4 is 5.32 Å². The predicted molar refractivity (Wildman–Crippen MR) is 87.5 cm³/mol. The summed E-state index contributed by atoms with van der Waals surface area (Å²) in [5.74, 6) is -0.906. The molecule has 0 radical (unpaired) electrons. The minimum Gasteiger partial charge on any atom is -0.465 e. The van der Waals surface area contributed by atoms with Crippen LogP contribution in [0.5, 0.6) is 0 Å². The lowest BCUT2D eigenvalue weighted by atomic mass is 10.1. The molecule has 0 saturated carbocycles. The minimum absolute atomic E-state index is 0.0217. The highest BCUT2D eigenvalue weighted by Gasteiger charge is 2.16. The van der Waals surface area contributed by atoms with E-state index in [9.17, 15) is 9.59 Å². The standard InChI is InChI=1S/C13H13ClN4O3.C2H6/c1-8-3-9(13(20)21-2)11(4-10(8)14)17-12(19)5-18-7-15-6-16-18;1-2/h3-4,6-7H,5H2,1-2H3,(H,17,19);1-2H3. The van der Waals surface area contributed by atoms with Gasteiger partial charge in [0, 0.05) is 5.02 Å². The van der Waals surface area contributed by atoms with Crippen molar-refractivity contribution >= 4 is 29.2 Å². The molecule has 0 unspecified atom stereocenters. The Balaban J connectivity index is 0.00000127. The number of hydrogen-bond acceptors (Lipinski definition) is 5. The van der Waals surface area contributed by atoms with Crippen molar-refractivity contribution in [1.82, 2.24) is 14.8 Å². The number of methoxy groups -OCH3 is 1. The van der Waals surface area contributed by atoms with Crippen molar-refractivity contribution in [3.63, 3.8) is 0 Å². The Hall–Kier alpha value is -2.41. The number of hydrogen-bond donors (Lipinski definition) is 1. The summed E-state index contributed by atoms with van der Waals surface area (Å²) in [6, 6.07) is 3.08. The van der Waals surface area contributed by atoms with Gasteiger partial charge in [-0.2, -0.15) is 5.10 Å². The van der Waals surface area contributed by atoms with E-state index < -0.39 is 5.97 Å². The lowest BCUT2D eigenvalue weighted by molar-refractivity contribution is -0.116. The number of amides is 1. The zero-order valence-electron chi connectivity index (χ0n) is 13.5. The van der Waals surface area contributed by atoms with Crippen LogP contribution in [-0.2, 0) is 16.1 Å². The number of aromatic nitrogens is 3. The highest BCUT2D eigenvalue weighted by Crippen LogP contribution is 2.25. The second-order valence-corrected chi connectivity index (χ2v) is 4.69. The quantitative estimate of drug-likeness (QED) is 0.866. The van der Waals surface area contributed by atoms with E-state index in [0.717, 1.165) is 0 Å². The van der Waals surface area contributed by atoms with Gasteiger partial charge in [-0.05, 0) is 24.6 Å². The first-order valence-corrected chi connectivity index (χ1v) is 7.39. The zero-order chi connectivity index (χ0) is 17.4. The molecule has 7 nitrogen and oxygen atoms in total. The van der Waals surface area contributed by atoms with Crippen molar-refractivity contribution in [2.45, 2.75) is 27.3 Å². The van der Waals surface area contributed by atoms with E-state index >= 15 is 0 Å². The molecule has 2 rings (SSSR count). The van der Waals surface area contributed by atoms with Gasteiger partial charge in [0.2, 0.25) is 5.91 Å². The number of ether oxygens (including phenoxy) is 1. The summed E-state index contributed by atoms with van der Waals surface area (Å²) in [6.45, 7) is 5.74. The van der Waals surface area contributed by atoms with Crippen LogP contribution in [-0.4, -0.2) is 33.8 Å². The maximum Gasteiger partial charge on any atom is 0.339 e. The van der Waals surface area contributed by atoms with Gasteiger partial charge in [-0.15, -0.1) is 0 Å². The molecule has 2 aromatic rings. The molecule has 1 aromatic heterocycles. The van der Waals surface area contributed by atoms with Gasteiger partial charge in [0.15, 0.2) is 0 Å². The van der Waals surface area contributed by atoms with Gasteiger partial charge in [0.1, 0.15) is 19.2 Å². The lowest BCUT2D eigenvalue weighted by Gasteiger charge is -2.12. The van der Waals surface area contributed by atoms with Crippen LogP contribution in [0.4, 0.5) is 5.69 Å². The summed E-state index contributed by atoms with van der Waals surface area (Å²) in [5, 5.41) is 6.89. The maximum absolute atomic E-state index is 11.9. The van der Waals surface area contributed by atoms with Crippen molar-refractivity contribution in [1.29, 1.82) is 0 Å². The van der Waals surface area contributed by atoms with Crippen LogP contribution in [0.15, 0.2) is 24.8 Å². The number of esters is 1. The van der Waals surface area contributed by atoms with Crippen LogP contribution in [0, 0.1) is 6.92 Å². The van der Waals surface area contributed by atoms with Gasteiger partial charge in [-0.25, -0.2) is 14.5 Å². The number of benzene rings is 1. The summed E-state index contributed by atoms with van der Waals surface area (Å²) >= 11 is 6.03. The minimum atomic E-state index is -0.550. The molecule has 0 saturated heterocycles. The van der Waals surface area contributed by atoms with Crippen LogP contribution in [0.3, 0.4) is 0 Å². The van der Waals surface area contributed by atoms with E-state index in [2.05, 4.69) is 15.4 Å². The normalized spacial score (nSPS) is 9.61. The Morgan fingerprint density at radius 3 is 2.61 bits per heavy atom. The molecule has 0 fully saturated rings. The lowest BCUT2D eigenvalue weighted by Crippen LogP contribution is -2.21. The largest absolute Gasteiger partial charge is 0.465 e. The molecule has 124 valence electrons. The number of nitrogens with one attached hydrogen (secondary N) is 1. The molecule has 1 N–H and O–H groups in total. The molecular formula is C15H19ClN4O3. The second kappa shape index (κ2) is 8.89. The Labute approximate surface area is 139 Å². The maximum atomic E-state index is 11.9. The van der Waals surface area contributed by atoms with Gasteiger partial charge in [0.25, 0.3) is 0 Å². The van der Waals surface area contributed by atoms with E-state index in [0.29, 0.717) is 16.3 Å². The molecule has 23 heavy (non-hydrogen) atoms. The fraction of sp³-hybridized carbons (Fsp3) is 0.333. The van der Waals surface area contributed by atoms with Crippen LogP contribution in [0.2, 0.25) is 5.02 Å². The number of anilines is 1.